The summed E-state index contributed by atoms with van der Waals surface area (Å²) < 4.78 is 51.2. The average Bonchev–Trinajstić information content (AvgIpc) is 3.18. The second kappa shape index (κ2) is 9.33. The summed E-state index contributed by atoms with van der Waals surface area (Å²) in [5, 5.41) is 9.11. The number of ether oxygens (including phenoxy) is 1. The Bertz CT molecular complexity index is 1330. The van der Waals surface area contributed by atoms with Gasteiger partial charge in [-0.2, -0.15) is 5.26 Å². The first-order chi connectivity index (χ1) is 16.9. The predicted molar refractivity (Wildman–Crippen MR) is 127 cm³/mol. The fourth-order valence-corrected chi connectivity index (χ4v) is 4.94. The first kappa shape index (κ1) is 25.3. The van der Waals surface area contributed by atoms with Gasteiger partial charge in [0, 0.05) is 24.9 Å². The van der Waals surface area contributed by atoms with E-state index in [1.54, 1.807) is 28.5 Å². The molecule has 190 valence electrons. The van der Waals surface area contributed by atoms with Gasteiger partial charge in [-0.1, -0.05) is 20.8 Å². The largest absolute Gasteiger partial charge is 0.441 e. The number of fused-ring (bicyclic) bond motifs is 1. The molecule has 4 atom stereocenters. The fourth-order valence-electron chi connectivity index (χ4n) is 4.94. The van der Waals surface area contributed by atoms with Crippen LogP contribution in [0.25, 0.3) is 11.0 Å². The standard InChI is InChI=1S/C25H27F3N6O2/c1-13(18-6-5-14(11-29)12-31-18)34-19-10-15(26)9-17(28)20(19)32-24(34)33-8-7-16(27)21(36-23(30)35)22(33)25(2,3)4/h5-6,9-10,12-13,16,21-22H,7-8H2,1-4H3,(H2,30,35)/t13?,16-,21+,22?/m1/s1. The minimum atomic E-state index is -1.47. The van der Waals surface area contributed by atoms with Gasteiger partial charge in [0.1, 0.15) is 23.6 Å². The molecule has 1 fully saturated rings. The van der Waals surface area contributed by atoms with Crippen molar-refractivity contribution in [3.8, 4) is 6.07 Å². The molecule has 8 nitrogen and oxygen atoms in total. The third kappa shape index (κ3) is 4.55. The number of rotatable bonds is 4. The maximum absolute atomic E-state index is 15.1. The van der Waals surface area contributed by atoms with Gasteiger partial charge >= 0.3 is 6.09 Å². The van der Waals surface area contributed by atoms with E-state index in [1.807, 2.05) is 26.8 Å². The van der Waals surface area contributed by atoms with Gasteiger partial charge in [-0.25, -0.2) is 22.9 Å². The Morgan fingerprint density at radius 3 is 2.61 bits per heavy atom. The van der Waals surface area contributed by atoms with Gasteiger partial charge in [-0.05, 0) is 30.9 Å². The molecule has 0 radical (unpaired) electrons. The van der Waals surface area contributed by atoms with Gasteiger partial charge in [0.25, 0.3) is 0 Å². The first-order valence-electron chi connectivity index (χ1n) is 11.5. The number of aromatic nitrogens is 3. The quantitative estimate of drug-likeness (QED) is 0.560. The molecule has 0 saturated carbocycles. The number of benzene rings is 1. The minimum Gasteiger partial charge on any atom is -0.441 e. The van der Waals surface area contributed by atoms with Crippen molar-refractivity contribution in [1.29, 1.82) is 5.26 Å². The molecule has 36 heavy (non-hydrogen) atoms. The molecule has 0 bridgehead atoms. The summed E-state index contributed by atoms with van der Waals surface area (Å²) in [5.74, 6) is -1.38. The summed E-state index contributed by atoms with van der Waals surface area (Å²) >= 11 is 0. The Hall–Kier alpha value is -3.81. The van der Waals surface area contributed by atoms with Gasteiger partial charge in [0.2, 0.25) is 5.95 Å². The van der Waals surface area contributed by atoms with E-state index in [4.69, 9.17) is 15.7 Å². The molecule has 0 spiro atoms. The molecule has 4 rings (SSSR count). The summed E-state index contributed by atoms with van der Waals surface area (Å²) in [4.78, 5) is 22.3. The molecule has 11 heteroatoms. The number of nitrogens with two attached hydrogens (primary N) is 1. The van der Waals surface area contributed by atoms with E-state index in [1.165, 1.54) is 12.3 Å². The summed E-state index contributed by atoms with van der Waals surface area (Å²) in [6, 6.07) is 5.90. The number of nitriles is 1. The lowest BCUT2D eigenvalue weighted by molar-refractivity contribution is -0.0115. The average molecular weight is 501 g/mol. The van der Waals surface area contributed by atoms with Crippen LogP contribution in [0, 0.1) is 28.4 Å². The Balaban J connectivity index is 1.94. The minimum absolute atomic E-state index is 0.00801. The van der Waals surface area contributed by atoms with Crippen LogP contribution in [0.3, 0.4) is 0 Å². The molecule has 3 aromatic rings. The summed E-state index contributed by atoms with van der Waals surface area (Å²) in [5.41, 5.74) is 5.64. The highest BCUT2D eigenvalue weighted by atomic mass is 19.1. The Morgan fingerprint density at radius 2 is 2.03 bits per heavy atom. The van der Waals surface area contributed by atoms with Crippen molar-refractivity contribution in [3.05, 3.63) is 53.4 Å². The van der Waals surface area contributed by atoms with Gasteiger partial charge in [0.05, 0.1) is 28.9 Å². The van der Waals surface area contributed by atoms with Gasteiger partial charge in [-0.3, -0.25) is 4.98 Å². The number of pyridine rings is 1. The van der Waals surface area contributed by atoms with Crippen LogP contribution in [0.2, 0.25) is 0 Å². The number of imidazole rings is 1. The maximum atomic E-state index is 15.1. The lowest BCUT2D eigenvalue weighted by Gasteiger charge is -2.48. The van der Waals surface area contributed by atoms with E-state index in [2.05, 4.69) is 9.97 Å². The lowest BCUT2D eigenvalue weighted by atomic mass is 9.78. The topological polar surface area (TPSA) is 110 Å². The monoisotopic (exact) mass is 500 g/mol. The van der Waals surface area contributed by atoms with Crippen molar-refractivity contribution in [3.63, 3.8) is 0 Å². The number of carbonyl (C=O) groups excluding carboxylic acids is 1. The second-order valence-corrected chi connectivity index (χ2v) is 10.0. The Kier molecular flexibility index (Phi) is 6.56. The predicted octanol–water partition coefficient (Wildman–Crippen LogP) is 4.62. The van der Waals surface area contributed by atoms with Crippen LogP contribution >= 0.6 is 0 Å². The van der Waals surface area contributed by atoms with E-state index in [9.17, 15) is 13.6 Å². The van der Waals surface area contributed by atoms with Crippen LogP contribution in [-0.2, 0) is 4.74 Å². The van der Waals surface area contributed by atoms with E-state index < -0.39 is 47.5 Å². The molecule has 2 N–H and O–H groups in total. The molecule has 2 aromatic heterocycles. The van der Waals surface area contributed by atoms with Crippen LogP contribution in [0.15, 0.2) is 30.5 Å². The highest BCUT2D eigenvalue weighted by molar-refractivity contribution is 5.80. The van der Waals surface area contributed by atoms with Gasteiger partial charge in [0.15, 0.2) is 11.9 Å². The molecule has 3 heterocycles. The molecular formula is C25H27F3N6O2. The van der Waals surface area contributed by atoms with Crippen LogP contribution < -0.4 is 10.6 Å². The van der Waals surface area contributed by atoms with Crippen molar-refractivity contribution in [1.82, 2.24) is 14.5 Å². The number of nitrogens with zero attached hydrogens (tertiary/aromatic N) is 5. The molecule has 1 amide bonds. The summed E-state index contributed by atoms with van der Waals surface area (Å²) in [6.07, 6.45) is -2.35. The van der Waals surface area contributed by atoms with E-state index >= 15 is 4.39 Å². The van der Waals surface area contributed by atoms with Crippen LogP contribution in [-0.4, -0.2) is 45.5 Å². The zero-order valence-corrected chi connectivity index (χ0v) is 20.4. The SMILES string of the molecule is CC(c1ccc(C#N)cn1)n1c(N2CC[C@@H](F)[C@H](OC(N)=O)C2C(C)(C)C)nc2c(F)cc(F)cc21. The summed E-state index contributed by atoms with van der Waals surface area (Å²) in [7, 11) is 0. The van der Waals surface area contributed by atoms with E-state index in [0.717, 1.165) is 6.07 Å². The number of hydrogen-bond donors (Lipinski definition) is 1. The highest BCUT2D eigenvalue weighted by Gasteiger charge is 2.48. The number of anilines is 1. The van der Waals surface area contributed by atoms with Gasteiger partial charge in [-0.15, -0.1) is 0 Å². The lowest BCUT2D eigenvalue weighted by Crippen LogP contribution is -2.61. The molecule has 2 unspecified atom stereocenters. The first-order valence-corrected chi connectivity index (χ1v) is 11.5. The van der Waals surface area contributed by atoms with Crippen molar-refractivity contribution in [2.75, 3.05) is 11.4 Å². The third-order valence-electron chi connectivity index (χ3n) is 6.47. The highest BCUT2D eigenvalue weighted by Crippen LogP contribution is 2.40. The van der Waals surface area contributed by atoms with Crippen LogP contribution in [0.1, 0.15) is 51.4 Å². The van der Waals surface area contributed by atoms with Crippen molar-refractivity contribution >= 4 is 23.1 Å². The summed E-state index contributed by atoms with van der Waals surface area (Å²) in [6.45, 7) is 7.55. The molecule has 1 aliphatic rings. The number of alkyl halides is 1. The van der Waals surface area contributed by atoms with Crippen molar-refractivity contribution in [2.45, 2.75) is 58.5 Å². The second-order valence-electron chi connectivity index (χ2n) is 10.0. The Morgan fingerprint density at radius 1 is 1.31 bits per heavy atom. The van der Waals surface area contributed by atoms with Crippen molar-refractivity contribution < 1.29 is 22.7 Å². The number of carbonyl (C=O) groups is 1. The smallest absolute Gasteiger partial charge is 0.404 e. The number of hydrogen-bond acceptors (Lipinski definition) is 6. The van der Waals surface area contributed by atoms with E-state index in [0.29, 0.717) is 11.3 Å². The van der Waals surface area contributed by atoms with Crippen molar-refractivity contribution in [2.24, 2.45) is 11.1 Å². The van der Waals surface area contributed by atoms with Gasteiger partial charge < -0.3 is 19.9 Å². The molecule has 0 aliphatic carbocycles. The molecule has 1 aliphatic heterocycles. The zero-order chi connectivity index (χ0) is 26.4. The number of piperidine rings is 1. The zero-order valence-electron chi connectivity index (χ0n) is 20.4. The number of primary amides is 1. The fraction of sp³-hybridized carbons (Fsp3) is 0.440. The van der Waals surface area contributed by atoms with Crippen LogP contribution in [0.4, 0.5) is 23.9 Å². The maximum Gasteiger partial charge on any atom is 0.404 e. The van der Waals surface area contributed by atoms with Crippen LogP contribution in [0.5, 0.6) is 0 Å². The number of amides is 1. The third-order valence-corrected chi connectivity index (χ3v) is 6.47. The molecule has 1 aromatic carbocycles. The normalized spacial score (nSPS) is 21.3. The molecular weight excluding hydrogens is 473 g/mol. The van der Waals surface area contributed by atoms with E-state index in [-0.39, 0.29) is 29.9 Å². The Labute approximate surface area is 206 Å². The molecule has 1 saturated heterocycles. The number of halogens is 3.